The molecule has 6 nitrogen and oxygen atoms in total. The molecule has 1 saturated carbocycles. The van der Waals surface area contributed by atoms with Crippen LogP contribution in [0.25, 0.3) is 5.57 Å². The minimum atomic E-state index is -0.173. The number of hydrogen-bond acceptors (Lipinski definition) is 6. The van der Waals surface area contributed by atoms with Gasteiger partial charge in [-0.05, 0) is 19.3 Å². The van der Waals surface area contributed by atoms with Gasteiger partial charge in [0.1, 0.15) is 12.2 Å². The van der Waals surface area contributed by atoms with Crippen LogP contribution in [0.1, 0.15) is 83.7 Å². The van der Waals surface area contributed by atoms with Gasteiger partial charge in [0.2, 0.25) is 6.23 Å². The standard InChI is InChI=1S/C23H38N3O3S/c1-4-5-6-10-16-28-22-21(24-30-25-22)20-14-11-15-26(3,17-20)18(2)29-23(27)19-12-8-7-9-13-19/h14,18-19H,4-13,15-17H2,1-3H3/q+1. The zero-order valence-electron chi connectivity index (χ0n) is 18.9. The van der Waals surface area contributed by atoms with Crippen molar-refractivity contribution in [3.8, 4) is 5.88 Å². The Morgan fingerprint density at radius 2 is 2.03 bits per heavy atom. The number of nitrogens with zero attached hydrogens (tertiary/aromatic N) is 3. The van der Waals surface area contributed by atoms with Gasteiger partial charge in [-0.3, -0.25) is 9.28 Å². The lowest BCUT2D eigenvalue weighted by atomic mass is 9.89. The van der Waals surface area contributed by atoms with Crippen LogP contribution in [0.4, 0.5) is 0 Å². The van der Waals surface area contributed by atoms with Gasteiger partial charge < -0.3 is 9.47 Å². The molecule has 2 unspecified atom stereocenters. The molecule has 0 aromatic carbocycles. The van der Waals surface area contributed by atoms with E-state index in [0.717, 1.165) is 62.9 Å². The number of rotatable bonds is 10. The summed E-state index contributed by atoms with van der Waals surface area (Å²) in [5.41, 5.74) is 2.02. The summed E-state index contributed by atoms with van der Waals surface area (Å²) in [6, 6.07) is 0. The maximum Gasteiger partial charge on any atom is 0.313 e. The number of hydrogen-bond donors (Lipinski definition) is 0. The lowest BCUT2D eigenvalue weighted by Gasteiger charge is -2.41. The molecule has 2 aliphatic rings. The highest BCUT2D eigenvalue weighted by Gasteiger charge is 2.37. The number of aromatic nitrogens is 2. The van der Waals surface area contributed by atoms with Crippen molar-refractivity contribution in [3.63, 3.8) is 0 Å². The highest BCUT2D eigenvalue weighted by molar-refractivity contribution is 6.99. The second-order valence-corrected chi connectivity index (χ2v) is 9.61. The van der Waals surface area contributed by atoms with Gasteiger partial charge in [0, 0.05) is 18.9 Å². The molecule has 1 aromatic rings. The second kappa shape index (κ2) is 11.2. The first-order chi connectivity index (χ1) is 14.5. The quantitative estimate of drug-likeness (QED) is 0.287. The molecular weight excluding hydrogens is 398 g/mol. The molecule has 30 heavy (non-hydrogen) atoms. The molecule has 1 aliphatic heterocycles. The smallest absolute Gasteiger partial charge is 0.313 e. The first kappa shape index (κ1) is 23.2. The second-order valence-electron chi connectivity index (χ2n) is 9.08. The number of carbonyl (C=O) groups is 1. The van der Waals surface area contributed by atoms with E-state index in [1.165, 1.54) is 37.4 Å². The molecule has 0 amide bonds. The molecule has 0 saturated heterocycles. The van der Waals surface area contributed by atoms with Gasteiger partial charge >= 0.3 is 5.97 Å². The zero-order chi connectivity index (χ0) is 21.4. The predicted octanol–water partition coefficient (Wildman–Crippen LogP) is 5.20. The fraction of sp³-hybridized carbons (Fsp3) is 0.783. The highest BCUT2D eigenvalue weighted by atomic mass is 32.1. The van der Waals surface area contributed by atoms with Gasteiger partial charge in [-0.2, -0.15) is 4.37 Å². The minimum absolute atomic E-state index is 0.0101. The molecular formula is C23H38N3O3S+. The van der Waals surface area contributed by atoms with E-state index in [4.69, 9.17) is 9.47 Å². The van der Waals surface area contributed by atoms with Gasteiger partial charge in [-0.25, -0.2) is 0 Å². The van der Waals surface area contributed by atoms with Crippen molar-refractivity contribution in [2.24, 2.45) is 5.92 Å². The Morgan fingerprint density at radius 1 is 1.23 bits per heavy atom. The summed E-state index contributed by atoms with van der Waals surface area (Å²) in [5, 5.41) is 0. The summed E-state index contributed by atoms with van der Waals surface area (Å²) in [5.74, 6) is 0.732. The molecule has 1 fully saturated rings. The van der Waals surface area contributed by atoms with Crippen LogP contribution >= 0.6 is 11.7 Å². The van der Waals surface area contributed by atoms with Crippen LogP contribution in [0.3, 0.4) is 0 Å². The molecule has 7 heteroatoms. The number of unbranched alkanes of at least 4 members (excludes halogenated alkanes) is 3. The van der Waals surface area contributed by atoms with Crippen molar-refractivity contribution in [3.05, 3.63) is 11.8 Å². The van der Waals surface area contributed by atoms with E-state index in [1.54, 1.807) is 0 Å². The van der Waals surface area contributed by atoms with Crippen LogP contribution in [0.15, 0.2) is 6.08 Å². The Morgan fingerprint density at radius 3 is 2.80 bits per heavy atom. The van der Waals surface area contributed by atoms with Crippen LogP contribution in [0.2, 0.25) is 0 Å². The topological polar surface area (TPSA) is 61.3 Å². The number of esters is 1. The molecule has 3 rings (SSSR count). The van der Waals surface area contributed by atoms with Crippen molar-refractivity contribution >= 4 is 23.3 Å². The third-order valence-electron chi connectivity index (χ3n) is 6.66. The summed E-state index contributed by atoms with van der Waals surface area (Å²) >= 11 is 1.21. The number of ether oxygens (including phenoxy) is 2. The maximum atomic E-state index is 12.7. The lowest BCUT2D eigenvalue weighted by molar-refractivity contribution is -0.944. The average Bonchev–Trinajstić information content (AvgIpc) is 3.23. The molecule has 168 valence electrons. The molecule has 2 atom stereocenters. The van der Waals surface area contributed by atoms with Crippen molar-refractivity contribution in [1.82, 2.24) is 8.75 Å². The Kier molecular flexibility index (Phi) is 8.69. The number of quaternary nitrogens is 1. The van der Waals surface area contributed by atoms with Crippen LogP contribution in [-0.2, 0) is 9.53 Å². The fourth-order valence-electron chi connectivity index (χ4n) is 4.45. The predicted molar refractivity (Wildman–Crippen MR) is 120 cm³/mol. The normalized spacial score (nSPS) is 23.6. The fourth-order valence-corrected chi connectivity index (χ4v) is 4.98. The molecule has 0 N–H and O–H groups in total. The van der Waals surface area contributed by atoms with Crippen molar-refractivity contribution in [1.29, 1.82) is 0 Å². The Hall–Kier alpha value is -1.47. The summed E-state index contributed by atoms with van der Waals surface area (Å²) in [7, 11) is 2.18. The van der Waals surface area contributed by atoms with E-state index in [0.29, 0.717) is 17.0 Å². The monoisotopic (exact) mass is 436 g/mol. The third kappa shape index (κ3) is 6.03. The highest BCUT2D eigenvalue weighted by Crippen LogP contribution is 2.32. The molecule has 0 radical (unpaired) electrons. The summed E-state index contributed by atoms with van der Waals surface area (Å²) in [6.07, 6.45) is 13.2. The lowest BCUT2D eigenvalue weighted by Crippen LogP contribution is -2.55. The van der Waals surface area contributed by atoms with E-state index < -0.39 is 0 Å². The van der Waals surface area contributed by atoms with E-state index >= 15 is 0 Å². The Bertz CT molecular complexity index is 714. The minimum Gasteiger partial charge on any atom is -0.475 e. The molecule has 2 heterocycles. The Balaban J connectivity index is 1.58. The summed E-state index contributed by atoms with van der Waals surface area (Å²) < 4.78 is 21.5. The first-order valence-electron chi connectivity index (χ1n) is 11.7. The van der Waals surface area contributed by atoms with Gasteiger partial charge in [0.15, 0.2) is 0 Å². The first-order valence-corrected chi connectivity index (χ1v) is 12.5. The Labute approximate surface area is 185 Å². The van der Waals surface area contributed by atoms with Crippen LogP contribution in [0.5, 0.6) is 5.88 Å². The van der Waals surface area contributed by atoms with Crippen LogP contribution in [0, 0.1) is 5.92 Å². The van der Waals surface area contributed by atoms with Gasteiger partial charge in [-0.1, -0.05) is 51.5 Å². The largest absolute Gasteiger partial charge is 0.475 e. The van der Waals surface area contributed by atoms with E-state index in [-0.39, 0.29) is 18.1 Å². The molecule has 0 bridgehead atoms. The SMILES string of the molecule is CCCCCCOc1nsnc1C1=CCC[N+](C)(C(C)OC(=O)C2CCCCC2)C1. The molecule has 1 aromatic heterocycles. The summed E-state index contributed by atoms with van der Waals surface area (Å²) in [6.45, 7) is 6.66. The number of likely N-dealkylation sites (N-methyl/N-ethyl adjacent to an activating group) is 1. The zero-order valence-corrected chi connectivity index (χ0v) is 19.7. The van der Waals surface area contributed by atoms with Gasteiger partial charge in [0.25, 0.3) is 5.88 Å². The van der Waals surface area contributed by atoms with Crippen LogP contribution in [-0.4, -0.2) is 52.2 Å². The van der Waals surface area contributed by atoms with Gasteiger partial charge in [0.05, 0.1) is 37.8 Å². The summed E-state index contributed by atoms with van der Waals surface area (Å²) in [4.78, 5) is 12.7. The van der Waals surface area contributed by atoms with Crippen molar-refractivity contribution in [2.45, 2.75) is 84.3 Å². The van der Waals surface area contributed by atoms with Crippen molar-refractivity contribution in [2.75, 3.05) is 26.7 Å². The van der Waals surface area contributed by atoms with E-state index in [2.05, 4.69) is 28.8 Å². The average molecular weight is 437 g/mol. The third-order valence-corrected chi connectivity index (χ3v) is 7.18. The van der Waals surface area contributed by atoms with E-state index in [9.17, 15) is 4.79 Å². The van der Waals surface area contributed by atoms with E-state index in [1.807, 2.05) is 6.92 Å². The van der Waals surface area contributed by atoms with Gasteiger partial charge in [-0.15, -0.1) is 4.37 Å². The maximum absolute atomic E-state index is 12.7. The molecule has 1 aliphatic carbocycles. The van der Waals surface area contributed by atoms with Crippen LogP contribution < -0.4 is 4.74 Å². The number of carbonyl (C=O) groups excluding carboxylic acids is 1. The molecule has 0 spiro atoms. The van der Waals surface area contributed by atoms with Crippen molar-refractivity contribution < 1.29 is 18.8 Å².